The highest BCUT2D eigenvalue weighted by Crippen LogP contribution is 2.23. The van der Waals surface area contributed by atoms with Crippen LogP contribution in [0.15, 0.2) is 23.4 Å². The summed E-state index contributed by atoms with van der Waals surface area (Å²) in [5, 5.41) is 12.0. The van der Waals surface area contributed by atoms with Crippen LogP contribution in [0.5, 0.6) is 5.75 Å². The molecule has 112 valence electrons. The molecule has 0 aliphatic rings. The SMILES string of the molecule is CCCCC(CC)COc1ccc(F)cc1/C(C)=N/O. The van der Waals surface area contributed by atoms with Crippen LogP contribution >= 0.6 is 0 Å². The molecule has 0 radical (unpaired) electrons. The molecule has 0 aliphatic carbocycles. The predicted octanol–water partition coefficient (Wildman–Crippen LogP) is 4.62. The zero-order chi connectivity index (χ0) is 15.0. The zero-order valence-corrected chi connectivity index (χ0v) is 12.5. The van der Waals surface area contributed by atoms with Gasteiger partial charge in [0.05, 0.1) is 12.3 Å². The Morgan fingerprint density at radius 2 is 2.15 bits per heavy atom. The molecule has 0 saturated heterocycles. The van der Waals surface area contributed by atoms with Crippen molar-refractivity contribution in [1.82, 2.24) is 0 Å². The molecular weight excluding hydrogens is 257 g/mol. The van der Waals surface area contributed by atoms with E-state index in [9.17, 15) is 4.39 Å². The Bertz CT molecular complexity index is 446. The van der Waals surface area contributed by atoms with Crippen molar-refractivity contribution >= 4 is 5.71 Å². The smallest absolute Gasteiger partial charge is 0.128 e. The van der Waals surface area contributed by atoms with Gasteiger partial charge in [0, 0.05) is 5.56 Å². The van der Waals surface area contributed by atoms with E-state index in [-0.39, 0.29) is 5.82 Å². The van der Waals surface area contributed by atoms with Crippen molar-refractivity contribution in [1.29, 1.82) is 0 Å². The highest BCUT2D eigenvalue weighted by atomic mass is 19.1. The Hall–Kier alpha value is -1.58. The maximum atomic E-state index is 13.3. The highest BCUT2D eigenvalue weighted by Gasteiger charge is 2.12. The summed E-state index contributed by atoms with van der Waals surface area (Å²) < 4.78 is 19.1. The summed E-state index contributed by atoms with van der Waals surface area (Å²) in [4.78, 5) is 0. The molecule has 1 rings (SSSR count). The second kappa shape index (κ2) is 8.56. The Kier molecular flexibility index (Phi) is 7.05. The first kappa shape index (κ1) is 16.5. The molecule has 1 atom stereocenters. The van der Waals surface area contributed by atoms with E-state index in [1.54, 1.807) is 13.0 Å². The van der Waals surface area contributed by atoms with Gasteiger partial charge in [-0.3, -0.25) is 0 Å². The topological polar surface area (TPSA) is 41.8 Å². The number of unbranched alkanes of at least 4 members (excludes halogenated alkanes) is 1. The Balaban J connectivity index is 2.76. The number of benzene rings is 1. The minimum Gasteiger partial charge on any atom is -0.493 e. The Morgan fingerprint density at radius 3 is 2.75 bits per heavy atom. The average Bonchev–Trinajstić information content (AvgIpc) is 2.47. The van der Waals surface area contributed by atoms with Crippen LogP contribution in [0.2, 0.25) is 0 Å². The van der Waals surface area contributed by atoms with Gasteiger partial charge in [0.25, 0.3) is 0 Å². The van der Waals surface area contributed by atoms with Gasteiger partial charge in [0.2, 0.25) is 0 Å². The molecule has 1 aromatic carbocycles. The van der Waals surface area contributed by atoms with Crippen molar-refractivity contribution in [3.05, 3.63) is 29.6 Å². The largest absolute Gasteiger partial charge is 0.493 e. The first-order valence-corrected chi connectivity index (χ1v) is 7.23. The Morgan fingerprint density at radius 1 is 1.40 bits per heavy atom. The van der Waals surface area contributed by atoms with Gasteiger partial charge in [-0.25, -0.2) is 4.39 Å². The fourth-order valence-corrected chi connectivity index (χ4v) is 2.07. The van der Waals surface area contributed by atoms with Crippen molar-refractivity contribution in [2.24, 2.45) is 11.1 Å². The van der Waals surface area contributed by atoms with Gasteiger partial charge in [0.1, 0.15) is 11.6 Å². The number of hydrogen-bond donors (Lipinski definition) is 1. The van der Waals surface area contributed by atoms with Gasteiger partial charge >= 0.3 is 0 Å². The van der Waals surface area contributed by atoms with E-state index in [2.05, 4.69) is 19.0 Å². The van der Waals surface area contributed by atoms with Crippen LogP contribution < -0.4 is 4.74 Å². The summed E-state index contributed by atoms with van der Waals surface area (Å²) >= 11 is 0. The lowest BCUT2D eigenvalue weighted by Crippen LogP contribution is -2.13. The Labute approximate surface area is 120 Å². The molecule has 0 heterocycles. The van der Waals surface area contributed by atoms with E-state index in [1.807, 2.05) is 0 Å². The third-order valence-electron chi connectivity index (χ3n) is 3.50. The van der Waals surface area contributed by atoms with Crippen LogP contribution in [-0.2, 0) is 0 Å². The lowest BCUT2D eigenvalue weighted by atomic mass is 10.0. The number of halogens is 1. The number of rotatable bonds is 8. The van der Waals surface area contributed by atoms with E-state index in [1.165, 1.54) is 25.0 Å². The molecule has 0 aliphatic heterocycles. The van der Waals surface area contributed by atoms with Gasteiger partial charge in [-0.15, -0.1) is 0 Å². The summed E-state index contributed by atoms with van der Waals surface area (Å²) in [5.74, 6) is 0.698. The van der Waals surface area contributed by atoms with Gasteiger partial charge in [-0.2, -0.15) is 0 Å². The van der Waals surface area contributed by atoms with Crippen molar-refractivity contribution in [2.75, 3.05) is 6.61 Å². The number of ether oxygens (including phenoxy) is 1. The maximum absolute atomic E-state index is 13.3. The van der Waals surface area contributed by atoms with Crippen molar-refractivity contribution in [3.8, 4) is 5.75 Å². The molecular formula is C16H24FNO2. The van der Waals surface area contributed by atoms with Crippen LogP contribution in [0.25, 0.3) is 0 Å². The van der Waals surface area contributed by atoms with Gasteiger partial charge in [-0.05, 0) is 37.5 Å². The molecule has 0 fully saturated rings. The fourth-order valence-electron chi connectivity index (χ4n) is 2.07. The normalized spacial score (nSPS) is 13.3. The van der Waals surface area contributed by atoms with E-state index in [4.69, 9.17) is 9.94 Å². The maximum Gasteiger partial charge on any atom is 0.128 e. The predicted molar refractivity (Wildman–Crippen MR) is 79.2 cm³/mol. The second-order valence-corrected chi connectivity index (χ2v) is 5.05. The molecule has 0 saturated carbocycles. The van der Waals surface area contributed by atoms with E-state index < -0.39 is 0 Å². The quantitative estimate of drug-likeness (QED) is 0.429. The molecule has 3 nitrogen and oxygen atoms in total. The summed E-state index contributed by atoms with van der Waals surface area (Å²) in [6, 6.07) is 4.28. The summed E-state index contributed by atoms with van der Waals surface area (Å²) in [5.41, 5.74) is 0.846. The van der Waals surface area contributed by atoms with Gasteiger partial charge < -0.3 is 9.94 Å². The van der Waals surface area contributed by atoms with Crippen molar-refractivity contribution in [2.45, 2.75) is 46.5 Å². The fraction of sp³-hybridized carbons (Fsp3) is 0.562. The monoisotopic (exact) mass is 281 g/mol. The van der Waals surface area contributed by atoms with E-state index in [0.29, 0.717) is 29.5 Å². The average molecular weight is 281 g/mol. The minimum atomic E-state index is -0.367. The van der Waals surface area contributed by atoms with E-state index >= 15 is 0 Å². The van der Waals surface area contributed by atoms with Crippen LogP contribution in [0.3, 0.4) is 0 Å². The molecule has 0 bridgehead atoms. The molecule has 0 aromatic heterocycles. The third-order valence-corrected chi connectivity index (χ3v) is 3.50. The van der Waals surface area contributed by atoms with Crippen LogP contribution in [0, 0.1) is 11.7 Å². The summed E-state index contributed by atoms with van der Waals surface area (Å²) in [7, 11) is 0. The molecule has 20 heavy (non-hydrogen) atoms. The van der Waals surface area contributed by atoms with Gasteiger partial charge in [0.15, 0.2) is 0 Å². The first-order chi connectivity index (χ1) is 9.62. The standard InChI is InChI=1S/C16H24FNO2/c1-4-6-7-13(5-2)11-20-16-9-8-14(17)10-15(16)12(3)18-19/h8-10,13,19H,4-7,11H2,1-3H3/b18-12+. The minimum absolute atomic E-state index is 0.348. The second-order valence-electron chi connectivity index (χ2n) is 5.05. The molecule has 1 N–H and O–H groups in total. The van der Waals surface area contributed by atoms with Crippen molar-refractivity contribution < 1.29 is 14.3 Å². The number of hydrogen-bond acceptors (Lipinski definition) is 3. The van der Waals surface area contributed by atoms with Crippen LogP contribution in [0.1, 0.15) is 52.0 Å². The van der Waals surface area contributed by atoms with Crippen LogP contribution in [-0.4, -0.2) is 17.5 Å². The van der Waals surface area contributed by atoms with Gasteiger partial charge in [-0.1, -0.05) is 38.3 Å². The number of oxime groups is 1. The lowest BCUT2D eigenvalue weighted by Gasteiger charge is -2.17. The summed E-state index contributed by atoms with van der Waals surface area (Å²) in [6.07, 6.45) is 4.56. The highest BCUT2D eigenvalue weighted by molar-refractivity contribution is 6.00. The third kappa shape index (κ3) is 4.83. The van der Waals surface area contributed by atoms with Crippen LogP contribution in [0.4, 0.5) is 4.39 Å². The molecule has 4 heteroatoms. The number of nitrogens with zero attached hydrogens (tertiary/aromatic N) is 1. The lowest BCUT2D eigenvalue weighted by molar-refractivity contribution is 0.232. The van der Waals surface area contributed by atoms with Crippen molar-refractivity contribution in [3.63, 3.8) is 0 Å². The zero-order valence-electron chi connectivity index (χ0n) is 12.5. The molecule has 0 amide bonds. The molecule has 1 aromatic rings. The molecule has 0 spiro atoms. The summed E-state index contributed by atoms with van der Waals surface area (Å²) in [6.45, 7) is 6.55. The molecule has 1 unspecified atom stereocenters. The first-order valence-electron chi connectivity index (χ1n) is 7.23. The van der Waals surface area contributed by atoms with E-state index in [0.717, 1.165) is 12.8 Å².